The molecule has 36 heavy (non-hydrogen) atoms. The van der Waals surface area contributed by atoms with Gasteiger partial charge in [0.05, 0.1) is 28.4 Å². The van der Waals surface area contributed by atoms with Crippen molar-refractivity contribution in [2.24, 2.45) is 5.92 Å². The van der Waals surface area contributed by atoms with Crippen molar-refractivity contribution in [1.82, 2.24) is 14.5 Å². The number of imidazole rings is 1. The van der Waals surface area contributed by atoms with Gasteiger partial charge in [-0.25, -0.2) is 4.98 Å². The van der Waals surface area contributed by atoms with Crippen LogP contribution in [0, 0.1) is 17.2 Å². The molecule has 6 nitrogen and oxygen atoms in total. The molecule has 182 valence electrons. The van der Waals surface area contributed by atoms with Crippen LogP contribution in [-0.2, 0) is 13.2 Å². The SMILES string of the molecule is N#CCSc1ccccc1C(=O)N1CCC(Cn2c(COc3ccccc3)nc3ccccc32)CC1. The van der Waals surface area contributed by atoms with Gasteiger partial charge in [0, 0.05) is 24.5 Å². The molecule has 3 aromatic carbocycles. The first kappa shape index (κ1) is 24.0. The number of aromatic nitrogens is 2. The summed E-state index contributed by atoms with van der Waals surface area (Å²) in [6.45, 7) is 2.71. The van der Waals surface area contributed by atoms with E-state index >= 15 is 0 Å². The van der Waals surface area contributed by atoms with Crippen LogP contribution in [-0.4, -0.2) is 39.2 Å². The molecule has 1 aromatic heterocycles. The second kappa shape index (κ2) is 11.3. The summed E-state index contributed by atoms with van der Waals surface area (Å²) in [6.07, 6.45) is 1.87. The highest BCUT2D eigenvalue weighted by atomic mass is 32.2. The summed E-state index contributed by atoms with van der Waals surface area (Å²) in [7, 11) is 0. The van der Waals surface area contributed by atoms with E-state index in [1.807, 2.05) is 77.7 Å². The Bertz CT molecular complexity index is 1370. The largest absolute Gasteiger partial charge is 0.486 e. The lowest BCUT2D eigenvalue weighted by Crippen LogP contribution is -2.39. The molecule has 0 spiro atoms. The van der Waals surface area contributed by atoms with Gasteiger partial charge in [0.15, 0.2) is 0 Å². The summed E-state index contributed by atoms with van der Waals surface area (Å²) in [5.74, 6) is 2.59. The standard InChI is InChI=1S/C29H28N4O2S/c30-16-19-36-27-13-7-4-10-24(27)29(34)32-17-14-22(15-18-32)20-33-26-12-6-5-11-25(26)31-28(33)21-35-23-8-2-1-3-9-23/h1-13,22H,14-15,17-21H2. The van der Waals surface area contributed by atoms with Gasteiger partial charge in [-0.15, -0.1) is 11.8 Å². The number of amides is 1. The summed E-state index contributed by atoms with van der Waals surface area (Å²) in [4.78, 5) is 20.9. The third-order valence-corrected chi connectivity index (χ3v) is 7.54. The molecule has 1 fully saturated rings. The predicted molar refractivity (Wildman–Crippen MR) is 142 cm³/mol. The number of carbonyl (C=O) groups excluding carboxylic acids is 1. The van der Waals surface area contributed by atoms with Gasteiger partial charge in [0.25, 0.3) is 5.91 Å². The Morgan fingerprint density at radius 3 is 2.53 bits per heavy atom. The fraction of sp³-hybridized carbons (Fsp3) is 0.276. The van der Waals surface area contributed by atoms with E-state index in [1.165, 1.54) is 11.8 Å². The van der Waals surface area contributed by atoms with Gasteiger partial charge in [0.2, 0.25) is 0 Å². The molecular weight excluding hydrogens is 468 g/mol. The number of ether oxygens (including phenoxy) is 1. The maximum Gasteiger partial charge on any atom is 0.254 e. The molecular formula is C29H28N4O2S. The summed E-state index contributed by atoms with van der Waals surface area (Å²) >= 11 is 1.42. The fourth-order valence-electron chi connectivity index (χ4n) is 4.73. The lowest BCUT2D eigenvalue weighted by atomic mass is 9.96. The first-order valence-corrected chi connectivity index (χ1v) is 13.2. The highest BCUT2D eigenvalue weighted by Gasteiger charge is 2.26. The maximum absolute atomic E-state index is 13.3. The Morgan fingerprint density at radius 2 is 1.72 bits per heavy atom. The number of likely N-dealkylation sites (tertiary alicyclic amines) is 1. The number of carbonyl (C=O) groups is 1. The quantitative estimate of drug-likeness (QED) is 0.289. The van der Waals surface area contributed by atoms with Crippen LogP contribution >= 0.6 is 11.8 Å². The van der Waals surface area contributed by atoms with Crippen molar-refractivity contribution >= 4 is 28.7 Å². The number of hydrogen-bond acceptors (Lipinski definition) is 5. The van der Waals surface area contributed by atoms with E-state index in [9.17, 15) is 4.79 Å². The van der Waals surface area contributed by atoms with Gasteiger partial charge in [-0.2, -0.15) is 5.26 Å². The topological polar surface area (TPSA) is 71.2 Å². The number of rotatable bonds is 8. The van der Waals surface area contributed by atoms with Crippen molar-refractivity contribution < 1.29 is 9.53 Å². The number of piperidine rings is 1. The molecule has 0 radical (unpaired) electrons. The van der Waals surface area contributed by atoms with Crippen LogP contribution in [0.4, 0.5) is 0 Å². The minimum absolute atomic E-state index is 0.0551. The lowest BCUT2D eigenvalue weighted by molar-refractivity contribution is 0.0679. The van der Waals surface area contributed by atoms with Crippen LogP contribution in [0.25, 0.3) is 11.0 Å². The Balaban J connectivity index is 1.26. The molecule has 1 aliphatic rings. The van der Waals surface area contributed by atoms with Gasteiger partial charge in [-0.3, -0.25) is 4.79 Å². The third kappa shape index (κ3) is 5.39. The number of benzene rings is 3. The van der Waals surface area contributed by atoms with E-state index < -0.39 is 0 Å². The normalized spacial score (nSPS) is 14.0. The molecule has 0 bridgehead atoms. The molecule has 0 aliphatic carbocycles. The average Bonchev–Trinajstić information content (AvgIpc) is 3.28. The molecule has 4 aromatic rings. The van der Waals surface area contributed by atoms with Crippen LogP contribution in [0.3, 0.4) is 0 Å². The van der Waals surface area contributed by atoms with Crippen molar-refractivity contribution in [3.8, 4) is 11.8 Å². The molecule has 0 saturated carbocycles. The zero-order valence-electron chi connectivity index (χ0n) is 20.0. The smallest absolute Gasteiger partial charge is 0.254 e. The molecule has 0 N–H and O–H groups in total. The van der Waals surface area contributed by atoms with Crippen LogP contribution in [0.2, 0.25) is 0 Å². The van der Waals surface area contributed by atoms with E-state index in [0.717, 1.165) is 60.0 Å². The number of nitriles is 1. The Hall–Kier alpha value is -3.76. The van der Waals surface area contributed by atoms with Crippen molar-refractivity contribution in [3.05, 3.63) is 90.3 Å². The minimum atomic E-state index is 0.0551. The van der Waals surface area contributed by atoms with E-state index in [1.54, 1.807) is 0 Å². The molecule has 0 unspecified atom stereocenters. The van der Waals surface area contributed by atoms with Crippen LogP contribution in [0.15, 0.2) is 83.8 Å². The maximum atomic E-state index is 13.3. The first-order chi connectivity index (χ1) is 17.7. The average molecular weight is 497 g/mol. The number of thioether (sulfide) groups is 1. The van der Waals surface area contributed by atoms with E-state index in [4.69, 9.17) is 15.0 Å². The molecule has 1 saturated heterocycles. The van der Waals surface area contributed by atoms with Crippen LogP contribution < -0.4 is 4.74 Å². The van der Waals surface area contributed by atoms with Crippen molar-refractivity contribution in [1.29, 1.82) is 5.26 Å². The Kier molecular flexibility index (Phi) is 7.53. The number of fused-ring (bicyclic) bond motifs is 1. The third-order valence-electron chi connectivity index (χ3n) is 6.60. The lowest BCUT2D eigenvalue weighted by Gasteiger charge is -2.33. The molecule has 7 heteroatoms. The van der Waals surface area contributed by atoms with Crippen molar-refractivity contribution in [2.45, 2.75) is 30.9 Å². The van der Waals surface area contributed by atoms with Crippen molar-refractivity contribution in [2.75, 3.05) is 18.8 Å². The van der Waals surface area contributed by atoms with Gasteiger partial charge >= 0.3 is 0 Å². The highest BCUT2D eigenvalue weighted by Crippen LogP contribution is 2.28. The van der Waals surface area contributed by atoms with E-state index in [-0.39, 0.29) is 5.91 Å². The summed E-state index contributed by atoms with van der Waals surface area (Å²) in [6, 6.07) is 27.8. The van der Waals surface area contributed by atoms with Crippen LogP contribution in [0.5, 0.6) is 5.75 Å². The predicted octanol–water partition coefficient (Wildman–Crippen LogP) is 5.78. The Morgan fingerprint density at radius 1 is 1.00 bits per heavy atom. The van der Waals surface area contributed by atoms with E-state index in [2.05, 4.69) is 16.7 Å². The van der Waals surface area contributed by atoms with E-state index in [0.29, 0.717) is 23.8 Å². The monoisotopic (exact) mass is 496 g/mol. The molecule has 1 aliphatic heterocycles. The molecule has 5 rings (SSSR count). The summed E-state index contributed by atoms with van der Waals surface area (Å²) in [5, 5.41) is 8.94. The first-order valence-electron chi connectivity index (χ1n) is 12.2. The van der Waals surface area contributed by atoms with Gasteiger partial charge in [-0.1, -0.05) is 42.5 Å². The van der Waals surface area contributed by atoms with Gasteiger partial charge in [-0.05, 0) is 55.2 Å². The highest BCUT2D eigenvalue weighted by molar-refractivity contribution is 7.99. The molecule has 0 atom stereocenters. The van der Waals surface area contributed by atoms with Gasteiger partial charge < -0.3 is 14.2 Å². The Labute approximate surface area is 215 Å². The van der Waals surface area contributed by atoms with Gasteiger partial charge in [0.1, 0.15) is 18.2 Å². The minimum Gasteiger partial charge on any atom is -0.486 e. The zero-order valence-corrected chi connectivity index (χ0v) is 20.9. The molecule has 1 amide bonds. The summed E-state index contributed by atoms with van der Waals surface area (Å²) in [5.41, 5.74) is 2.78. The second-order valence-corrected chi connectivity index (χ2v) is 9.92. The van der Waals surface area contributed by atoms with Crippen LogP contribution in [0.1, 0.15) is 29.0 Å². The number of hydrogen-bond donors (Lipinski definition) is 0. The summed E-state index contributed by atoms with van der Waals surface area (Å²) < 4.78 is 8.32. The van der Waals surface area contributed by atoms with Crippen molar-refractivity contribution in [3.63, 3.8) is 0 Å². The number of para-hydroxylation sites is 3. The fourth-order valence-corrected chi connectivity index (χ4v) is 5.44. The number of nitrogens with zero attached hydrogens (tertiary/aromatic N) is 4. The molecule has 2 heterocycles. The zero-order chi connectivity index (χ0) is 24.7. The second-order valence-electron chi connectivity index (χ2n) is 8.91.